The molecule has 0 bridgehead atoms. The number of carbonyl (C=O) groups excluding carboxylic acids is 1. The van der Waals surface area contributed by atoms with Crippen molar-refractivity contribution in [2.75, 3.05) is 17.6 Å². The lowest BCUT2D eigenvalue weighted by Gasteiger charge is -2.15. The normalized spacial score (nSPS) is 12.3. The monoisotopic (exact) mass is 362 g/mol. The van der Waals surface area contributed by atoms with Crippen LogP contribution in [0.4, 0.5) is 5.69 Å². The molecular weight excluding hydrogens is 340 g/mol. The Bertz CT molecular complexity index is 815. The Morgan fingerprint density at radius 1 is 1.08 bits per heavy atom. The summed E-state index contributed by atoms with van der Waals surface area (Å²) < 4.78 is 30.1. The van der Waals surface area contributed by atoms with Crippen LogP contribution in [0.5, 0.6) is 5.75 Å². The van der Waals surface area contributed by atoms with E-state index in [4.69, 9.17) is 4.74 Å². The smallest absolute Gasteiger partial charge is 0.251 e. The highest BCUT2D eigenvalue weighted by atomic mass is 32.2. The summed E-state index contributed by atoms with van der Waals surface area (Å²) in [6.07, 6.45) is 1.08. The molecule has 0 fully saturated rings. The largest absolute Gasteiger partial charge is 0.494 e. The van der Waals surface area contributed by atoms with Crippen LogP contribution in [0.3, 0.4) is 0 Å². The second kappa shape index (κ2) is 8.02. The van der Waals surface area contributed by atoms with Crippen molar-refractivity contribution in [1.82, 2.24) is 5.32 Å². The maximum atomic E-state index is 12.3. The summed E-state index contributed by atoms with van der Waals surface area (Å²) in [5, 5.41) is 2.91. The Morgan fingerprint density at radius 3 is 2.20 bits per heavy atom. The van der Waals surface area contributed by atoms with Crippen molar-refractivity contribution in [2.45, 2.75) is 19.9 Å². The molecule has 0 aromatic heterocycles. The SMILES string of the molecule is CCOc1ccc([C@H](C)NC(=O)c2ccc(NS(C)(=O)=O)cc2)cc1. The van der Waals surface area contributed by atoms with Gasteiger partial charge in [0.15, 0.2) is 0 Å². The van der Waals surface area contributed by atoms with Gasteiger partial charge in [-0.05, 0) is 55.8 Å². The molecule has 0 saturated heterocycles. The van der Waals surface area contributed by atoms with Crippen LogP contribution in [0.1, 0.15) is 35.8 Å². The summed E-state index contributed by atoms with van der Waals surface area (Å²) in [6.45, 7) is 4.43. The first-order valence-electron chi connectivity index (χ1n) is 7.90. The van der Waals surface area contributed by atoms with Gasteiger partial charge in [-0.25, -0.2) is 8.42 Å². The molecule has 2 aromatic rings. The van der Waals surface area contributed by atoms with E-state index in [1.54, 1.807) is 24.3 Å². The lowest BCUT2D eigenvalue weighted by atomic mass is 10.1. The zero-order valence-corrected chi connectivity index (χ0v) is 15.3. The number of ether oxygens (including phenoxy) is 1. The van der Waals surface area contributed by atoms with E-state index in [1.807, 2.05) is 38.1 Å². The van der Waals surface area contributed by atoms with Crippen LogP contribution in [0.15, 0.2) is 48.5 Å². The summed E-state index contributed by atoms with van der Waals surface area (Å²) >= 11 is 0. The third-order valence-electron chi connectivity index (χ3n) is 3.49. The molecule has 25 heavy (non-hydrogen) atoms. The molecular formula is C18H22N2O4S. The molecule has 0 spiro atoms. The maximum absolute atomic E-state index is 12.3. The van der Waals surface area contributed by atoms with Crippen LogP contribution >= 0.6 is 0 Å². The standard InChI is InChI=1S/C18H22N2O4S/c1-4-24-17-11-7-14(8-12-17)13(2)19-18(21)15-5-9-16(10-6-15)20-25(3,22)23/h5-13,20H,4H2,1-3H3,(H,19,21)/t13-/m0/s1. The number of sulfonamides is 1. The Morgan fingerprint density at radius 2 is 1.68 bits per heavy atom. The van der Waals surface area contributed by atoms with Crippen LogP contribution in [0.25, 0.3) is 0 Å². The number of carbonyl (C=O) groups is 1. The lowest BCUT2D eigenvalue weighted by molar-refractivity contribution is 0.0940. The number of nitrogens with one attached hydrogen (secondary N) is 2. The molecule has 0 unspecified atom stereocenters. The van der Waals surface area contributed by atoms with Gasteiger partial charge in [0.1, 0.15) is 5.75 Å². The molecule has 0 saturated carbocycles. The molecule has 2 aromatic carbocycles. The highest BCUT2D eigenvalue weighted by Gasteiger charge is 2.12. The number of benzene rings is 2. The average Bonchev–Trinajstić information content (AvgIpc) is 2.55. The van der Waals surface area contributed by atoms with Crippen molar-refractivity contribution in [3.05, 3.63) is 59.7 Å². The first-order chi connectivity index (χ1) is 11.8. The number of amides is 1. The molecule has 1 amide bonds. The number of rotatable bonds is 7. The van der Waals surface area contributed by atoms with Crippen molar-refractivity contribution in [3.8, 4) is 5.75 Å². The van der Waals surface area contributed by atoms with Crippen LogP contribution in [0.2, 0.25) is 0 Å². The van der Waals surface area contributed by atoms with E-state index >= 15 is 0 Å². The summed E-state index contributed by atoms with van der Waals surface area (Å²) in [4.78, 5) is 12.3. The van der Waals surface area contributed by atoms with E-state index in [0.717, 1.165) is 17.6 Å². The topological polar surface area (TPSA) is 84.5 Å². The van der Waals surface area contributed by atoms with E-state index < -0.39 is 10.0 Å². The molecule has 0 aliphatic heterocycles. The van der Waals surface area contributed by atoms with Crippen LogP contribution in [-0.4, -0.2) is 27.2 Å². The fourth-order valence-electron chi connectivity index (χ4n) is 2.29. The Hall–Kier alpha value is -2.54. The third kappa shape index (κ3) is 5.79. The molecule has 1 atom stereocenters. The number of anilines is 1. The number of hydrogen-bond acceptors (Lipinski definition) is 4. The van der Waals surface area contributed by atoms with E-state index in [0.29, 0.717) is 17.9 Å². The van der Waals surface area contributed by atoms with Crippen molar-refractivity contribution < 1.29 is 17.9 Å². The second-order valence-electron chi connectivity index (χ2n) is 5.65. The molecule has 2 N–H and O–H groups in total. The minimum absolute atomic E-state index is 0.169. The molecule has 7 heteroatoms. The predicted molar refractivity (Wildman–Crippen MR) is 98.4 cm³/mol. The predicted octanol–water partition coefficient (Wildman–Crippen LogP) is 2.95. The van der Waals surface area contributed by atoms with Crippen molar-refractivity contribution in [2.24, 2.45) is 0 Å². The van der Waals surface area contributed by atoms with E-state index in [-0.39, 0.29) is 11.9 Å². The van der Waals surface area contributed by atoms with E-state index in [1.165, 1.54) is 0 Å². The van der Waals surface area contributed by atoms with Gasteiger partial charge in [-0.15, -0.1) is 0 Å². The van der Waals surface area contributed by atoms with Crippen molar-refractivity contribution in [1.29, 1.82) is 0 Å². The van der Waals surface area contributed by atoms with Gasteiger partial charge < -0.3 is 10.1 Å². The minimum atomic E-state index is -3.33. The van der Waals surface area contributed by atoms with Crippen LogP contribution in [0, 0.1) is 0 Å². The van der Waals surface area contributed by atoms with Gasteiger partial charge in [-0.3, -0.25) is 9.52 Å². The summed E-state index contributed by atoms with van der Waals surface area (Å²) in [5.41, 5.74) is 1.84. The average molecular weight is 362 g/mol. The van der Waals surface area contributed by atoms with Gasteiger partial charge in [0, 0.05) is 11.3 Å². The third-order valence-corrected chi connectivity index (χ3v) is 4.10. The van der Waals surface area contributed by atoms with E-state index in [2.05, 4.69) is 10.0 Å². The van der Waals surface area contributed by atoms with Gasteiger partial charge >= 0.3 is 0 Å². The van der Waals surface area contributed by atoms with Gasteiger partial charge in [0.05, 0.1) is 18.9 Å². The first-order valence-corrected chi connectivity index (χ1v) is 9.79. The lowest BCUT2D eigenvalue weighted by Crippen LogP contribution is -2.26. The Kier molecular flexibility index (Phi) is 6.03. The highest BCUT2D eigenvalue weighted by molar-refractivity contribution is 7.92. The molecule has 2 rings (SSSR count). The Labute approximate surface area is 148 Å². The minimum Gasteiger partial charge on any atom is -0.494 e. The number of hydrogen-bond donors (Lipinski definition) is 2. The summed E-state index contributed by atoms with van der Waals surface area (Å²) in [7, 11) is -3.33. The zero-order valence-electron chi connectivity index (χ0n) is 14.4. The van der Waals surface area contributed by atoms with Gasteiger partial charge in [-0.2, -0.15) is 0 Å². The molecule has 0 heterocycles. The van der Waals surface area contributed by atoms with Crippen LogP contribution < -0.4 is 14.8 Å². The molecule has 0 radical (unpaired) electrons. The summed E-state index contributed by atoms with van der Waals surface area (Å²) in [5.74, 6) is 0.561. The van der Waals surface area contributed by atoms with Crippen molar-refractivity contribution >= 4 is 21.6 Å². The summed E-state index contributed by atoms with van der Waals surface area (Å²) in [6, 6.07) is 13.7. The zero-order chi connectivity index (χ0) is 18.4. The van der Waals surface area contributed by atoms with Gasteiger partial charge in [-0.1, -0.05) is 12.1 Å². The maximum Gasteiger partial charge on any atom is 0.251 e. The fraction of sp³-hybridized carbons (Fsp3) is 0.278. The molecule has 6 nitrogen and oxygen atoms in total. The molecule has 134 valence electrons. The van der Waals surface area contributed by atoms with Crippen LogP contribution in [-0.2, 0) is 10.0 Å². The van der Waals surface area contributed by atoms with E-state index in [9.17, 15) is 13.2 Å². The Balaban J connectivity index is 2.00. The van der Waals surface area contributed by atoms with Crippen molar-refractivity contribution in [3.63, 3.8) is 0 Å². The first kappa shape index (κ1) is 18.8. The van der Waals surface area contributed by atoms with Gasteiger partial charge in [0.25, 0.3) is 5.91 Å². The molecule has 0 aliphatic rings. The highest BCUT2D eigenvalue weighted by Crippen LogP contribution is 2.18. The fourth-order valence-corrected chi connectivity index (χ4v) is 2.85. The van der Waals surface area contributed by atoms with Gasteiger partial charge in [0.2, 0.25) is 10.0 Å². The quantitative estimate of drug-likeness (QED) is 0.793. The second-order valence-corrected chi connectivity index (χ2v) is 7.40. The molecule has 0 aliphatic carbocycles.